The molecule has 0 aliphatic heterocycles. The molecular weight excluding hydrogens is 386 g/mol. The Kier molecular flexibility index (Phi) is 5.02. The fourth-order valence-corrected chi connectivity index (χ4v) is 4.96. The molecule has 1 fully saturated rings. The number of rotatable bonds is 6. The van der Waals surface area contributed by atoms with E-state index in [1.54, 1.807) is 6.92 Å². The van der Waals surface area contributed by atoms with Crippen LogP contribution in [-0.2, 0) is 22.8 Å². The molecule has 2 aliphatic carbocycles. The third-order valence-electron chi connectivity index (χ3n) is 5.96. The molecule has 0 saturated heterocycles. The number of fused-ring (bicyclic) bond motifs is 1. The van der Waals surface area contributed by atoms with Crippen LogP contribution in [0.2, 0.25) is 0 Å². The number of anilines is 1. The van der Waals surface area contributed by atoms with Gasteiger partial charge in [0.15, 0.2) is 9.92 Å². The number of hydrogen-bond donors (Lipinski definition) is 3. The Bertz CT molecular complexity index is 1080. The zero-order valence-electron chi connectivity index (χ0n) is 16.8. The summed E-state index contributed by atoms with van der Waals surface area (Å²) in [7, 11) is -3.61. The second kappa shape index (κ2) is 7.37. The summed E-state index contributed by atoms with van der Waals surface area (Å²) in [6, 6.07) is 5.13. The number of amides is 2. The predicted octanol–water partition coefficient (Wildman–Crippen LogP) is 5.46. The SMILES string of the molecule is C=C(C)c1coc(S(=N)(=O)NC(=O)Nc2c([C@H](C)C3CC3)ccc3c2CCC3)c1. The molecule has 2 atom stereocenters. The highest BCUT2D eigenvalue weighted by molar-refractivity contribution is 7.91. The molecule has 4 rings (SSSR count). The molecule has 1 saturated carbocycles. The van der Waals surface area contributed by atoms with Crippen LogP contribution in [0.1, 0.15) is 61.3 Å². The van der Waals surface area contributed by atoms with Crippen LogP contribution in [0.15, 0.2) is 40.6 Å². The van der Waals surface area contributed by atoms with Gasteiger partial charge in [-0.3, -0.25) is 0 Å². The van der Waals surface area contributed by atoms with Crippen LogP contribution in [0, 0.1) is 10.7 Å². The smallest absolute Gasteiger partial charge is 0.332 e. The van der Waals surface area contributed by atoms with E-state index >= 15 is 0 Å². The number of carbonyl (C=O) groups excluding carboxylic acids is 1. The number of carbonyl (C=O) groups is 1. The first-order chi connectivity index (χ1) is 13.8. The van der Waals surface area contributed by atoms with E-state index < -0.39 is 15.9 Å². The third kappa shape index (κ3) is 3.96. The minimum Gasteiger partial charge on any atom is -0.452 e. The largest absolute Gasteiger partial charge is 0.452 e. The van der Waals surface area contributed by atoms with Crippen molar-refractivity contribution in [3.05, 3.63) is 53.3 Å². The highest BCUT2D eigenvalue weighted by atomic mass is 32.2. The van der Waals surface area contributed by atoms with Crippen molar-refractivity contribution >= 4 is 27.2 Å². The number of aryl methyl sites for hydroxylation is 1. The van der Waals surface area contributed by atoms with Crippen LogP contribution in [0.4, 0.5) is 10.5 Å². The number of nitrogens with one attached hydrogen (secondary N) is 3. The Labute approximate surface area is 171 Å². The van der Waals surface area contributed by atoms with Crippen LogP contribution >= 0.6 is 0 Å². The van der Waals surface area contributed by atoms with Gasteiger partial charge in [0.25, 0.3) is 0 Å². The lowest BCUT2D eigenvalue weighted by atomic mass is 9.91. The third-order valence-corrected chi connectivity index (χ3v) is 7.21. The van der Waals surface area contributed by atoms with Gasteiger partial charge in [0, 0.05) is 17.3 Å². The van der Waals surface area contributed by atoms with Gasteiger partial charge in [-0.25, -0.2) is 18.5 Å². The Morgan fingerprint density at radius 3 is 2.76 bits per heavy atom. The molecule has 1 unspecified atom stereocenters. The van der Waals surface area contributed by atoms with Crippen molar-refractivity contribution in [1.82, 2.24) is 4.72 Å². The lowest BCUT2D eigenvalue weighted by Gasteiger charge is -2.20. The fraction of sp³-hybridized carbons (Fsp3) is 0.409. The van der Waals surface area contributed by atoms with E-state index in [-0.39, 0.29) is 5.09 Å². The van der Waals surface area contributed by atoms with Crippen molar-refractivity contribution in [2.75, 3.05) is 5.32 Å². The zero-order valence-corrected chi connectivity index (χ0v) is 17.7. The molecule has 3 N–H and O–H groups in total. The first-order valence-electron chi connectivity index (χ1n) is 10.0. The molecule has 29 heavy (non-hydrogen) atoms. The average molecular weight is 414 g/mol. The van der Waals surface area contributed by atoms with Crippen LogP contribution < -0.4 is 10.0 Å². The summed E-state index contributed by atoms with van der Waals surface area (Å²) in [4.78, 5) is 12.7. The van der Waals surface area contributed by atoms with Crippen molar-refractivity contribution in [3.63, 3.8) is 0 Å². The number of hydrogen-bond acceptors (Lipinski definition) is 4. The first-order valence-corrected chi connectivity index (χ1v) is 11.6. The van der Waals surface area contributed by atoms with Crippen LogP contribution in [-0.4, -0.2) is 10.2 Å². The molecule has 1 aromatic carbocycles. The average Bonchev–Trinajstić information content (AvgIpc) is 3.17. The molecule has 6 nitrogen and oxygen atoms in total. The summed E-state index contributed by atoms with van der Waals surface area (Å²) in [6.45, 7) is 7.79. The van der Waals surface area contributed by atoms with Gasteiger partial charge in [0.2, 0.25) is 5.09 Å². The molecule has 1 aromatic heterocycles. The summed E-state index contributed by atoms with van der Waals surface area (Å²) in [5.41, 5.74) is 5.78. The molecule has 0 radical (unpaired) electrons. The van der Waals surface area contributed by atoms with Crippen molar-refractivity contribution in [1.29, 1.82) is 4.78 Å². The monoisotopic (exact) mass is 413 g/mol. The zero-order chi connectivity index (χ0) is 20.8. The Hall–Kier alpha value is -2.54. The molecule has 2 aromatic rings. The maximum Gasteiger partial charge on any atom is 0.332 e. The highest BCUT2D eigenvalue weighted by Gasteiger charge is 2.32. The molecule has 2 aliphatic rings. The molecule has 154 valence electrons. The first kappa shape index (κ1) is 19.8. The summed E-state index contributed by atoms with van der Waals surface area (Å²) >= 11 is 0. The van der Waals surface area contributed by atoms with Gasteiger partial charge >= 0.3 is 6.03 Å². The van der Waals surface area contributed by atoms with Crippen molar-refractivity contribution in [2.45, 2.75) is 57.0 Å². The summed E-state index contributed by atoms with van der Waals surface area (Å²) in [5, 5.41) is 2.83. The summed E-state index contributed by atoms with van der Waals surface area (Å²) < 4.78 is 28.4. The van der Waals surface area contributed by atoms with E-state index in [0.29, 0.717) is 17.4 Å². The summed E-state index contributed by atoms with van der Waals surface area (Å²) in [5.74, 6) is 1.02. The standard InChI is InChI=1S/C22H27N3O3S/c1-13(2)17-11-20(28-12-17)29(23,27)25-22(26)24-21-18(14(3)15-7-8-15)10-9-16-5-4-6-19(16)21/h9-12,14-15H,1,4-8H2,2-3H3,(H3,23,24,25,26,27)/t14-,29?/m1/s1. The van der Waals surface area contributed by atoms with E-state index in [1.165, 1.54) is 36.3 Å². The Morgan fingerprint density at radius 2 is 2.10 bits per heavy atom. The van der Waals surface area contributed by atoms with Gasteiger partial charge in [0.05, 0.1) is 6.26 Å². The Morgan fingerprint density at radius 1 is 1.34 bits per heavy atom. The molecule has 0 spiro atoms. The number of urea groups is 1. The van der Waals surface area contributed by atoms with Crippen molar-refractivity contribution < 1.29 is 13.4 Å². The van der Waals surface area contributed by atoms with Crippen molar-refractivity contribution in [3.8, 4) is 0 Å². The second-order valence-electron chi connectivity index (χ2n) is 8.19. The fourth-order valence-electron chi connectivity index (χ4n) is 4.07. The van der Waals surface area contributed by atoms with E-state index in [9.17, 15) is 9.00 Å². The topological polar surface area (TPSA) is 95.2 Å². The molecule has 7 heteroatoms. The van der Waals surface area contributed by atoms with Gasteiger partial charge in [-0.15, -0.1) is 0 Å². The lowest BCUT2D eigenvalue weighted by molar-refractivity contribution is 0.256. The molecule has 1 heterocycles. The van der Waals surface area contributed by atoms with Gasteiger partial charge in [-0.1, -0.05) is 25.6 Å². The van der Waals surface area contributed by atoms with Gasteiger partial charge in [0.1, 0.15) is 0 Å². The number of allylic oxidation sites excluding steroid dienone is 1. The van der Waals surface area contributed by atoms with Gasteiger partial charge in [-0.2, -0.15) is 0 Å². The molecular formula is C22H27N3O3S. The van der Waals surface area contributed by atoms with Crippen LogP contribution in [0.5, 0.6) is 0 Å². The minimum atomic E-state index is -3.61. The van der Waals surface area contributed by atoms with E-state index in [0.717, 1.165) is 36.1 Å². The molecule has 2 amide bonds. The van der Waals surface area contributed by atoms with Crippen LogP contribution in [0.25, 0.3) is 5.57 Å². The maximum absolute atomic E-state index is 12.8. The summed E-state index contributed by atoms with van der Waals surface area (Å²) in [6.07, 6.45) is 6.83. The predicted molar refractivity (Wildman–Crippen MR) is 114 cm³/mol. The van der Waals surface area contributed by atoms with Crippen LogP contribution in [0.3, 0.4) is 0 Å². The van der Waals surface area contributed by atoms with E-state index in [1.807, 2.05) is 0 Å². The number of benzene rings is 1. The van der Waals surface area contributed by atoms with Gasteiger partial charge in [-0.05, 0) is 73.1 Å². The quantitative estimate of drug-likeness (QED) is 0.587. The van der Waals surface area contributed by atoms with E-state index in [4.69, 9.17) is 9.20 Å². The normalized spacial score (nSPS) is 18.6. The molecule has 0 bridgehead atoms. The second-order valence-corrected chi connectivity index (χ2v) is 9.91. The Balaban J connectivity index is 1.58. The maximum atomic E-state index is 12.8. The highest BCUT2D eigenvalue weighted by Crippen LogP contribution is 2.46. The minimum absolute atomic E-state index is 0.0875. The number of furan rings is 1. The van der Waals surface area contributed by atoms with Crippen molar-refractivity contribution in [2.24, 2.45) is 5.92 Å². The lowest BCUT2D eigenvalue weighted by Crippen LogP contribution is -2.34. The van der Waals surface area contributed by atoms with Gasteiger partial charge < -0.3 is 9.73 Å². The van der Waals surface area contributed by atoms with E-state index in [2.05, 4.69) is 35.7 Å².